The number of carbonyl (C=O) groups excluding carboxylic acids is 1. The number of aromatic nitrogens is 6. The summed E-state index contributed by atoms with van der Waals surface area (Å²) in [5.41, 5.74) is 0.240. The van der Waals surface area contributed by atoms with E-state index in [0.29, 0.717) is 18.3 Å². The Balaban J connectivity index is 1.57. The fourth-order valence-corrected chi connectivity index (χ4v) is 4.68. The highest BCUT2D eigenvalue weighted by atomic mass is 35.5. The third-order valence-corrected chi connectivity index (χ3v) is 6.55. The second-order valence-corrected chi connectivity index (χ2v) is 8.58. The number of halogens is 1. The minimum absolute atomic E-state index is 0.139. The molecule has 5 rings (SSSR count). The van der Waals surface area contributed by atoms with Crippen LogP contribution in [-0.4, -0.2) is 47.1 Å². The fraction of sp³-hybridized carbons (Fsp3) is 0.381. The maximum absolute atomic E-state index is 13.5. The number of amides is 1. The number of hydrogen-bond donors (Lipinski definition) is 0. The topological polar surface area (TPSA) is 113 Å². The van der Waals surface area contributed by atoms with Crippen LogP contribution in [0, 0.1) is 23.2 Å². The third kappa shape index (κ3) is 3.15. The van der Waals surface area contributed by atoms with E-state index in [9.17, 15) is 10.1 Å². The van der Waals surface area contributed by atoms with Gasteiger partial charge in [-0.05, 0) is 55.9 Å². The normalized spacial score (nSPS) is 25.6. The van der Waals surface area contributed by atoms with Gasteiger partial charge in [-0.1, -0.05) is 11.6 Å². The first-order chi connectivity index (χ1) is 14.9. The van der Waals surface area contributed by atoms with E-state index in [2.05, 4.69) is 31.1 Å². The maximum atomic E-state index is 13.5. The van der Waals surface area contributed by atoms with Crippen LogP contribution in [0.4, 0.5) is 0 Å². The minimum Gasteiger partial charge on any atom is -0.327 e. The number of pyridine rings is 1. The van der Waals surface area contributed by atoms with Crippen molar-refractivity contribution in [1.29, 1.82) is 5.26 Å². The fourth-order valence-electron chi connectivity index (χ4n) is 4.47. The van der Waals surface area contributed by atoms with Gasteiger partial charge >= 0.3 is 0 Å². The second kappa shape index (κ2) is 7.10. The average molecular weight is 435 g/mol. The van der Waals surface area contributed by atoms with Crippen LogP contribution in [0.1, 0.15) is 48.2 Å². The van der Waals surface area contributed by atoms with Crippen LogP contribution in [0.2, 0.25) is 5.15 Å². The van der Waals surface area contributed by atoms with E-state index in [1.54, 1.807) is 35.5 Å². The van der Waals surface area contributed by atoms with Crippen LogP contribution in [0.3, 0.4) is 0 Å². The van der Waals surface area contributed by atoms with E-state index in [0.717, 1.165) is 12.0 Å². The van der Waals surface area contributed by atoms with Crippen molar-refractivity contribution >= 4 is 17.5 Å². The summed E-state index contributed by atoms with van der Waals surface area (Å²) in [6.45, 7) is 4.30. The number of hydrogen-bond acceptors (Lipinski definition) is 7. The van der Waals surface area contributed by atoms with Crippen LogP contribution in [0.25, 0.3) is 5.95 Å². The molecule has 1 amide bonds. The van der Waals surface area contributed by atoms with Gasteiger partial charge < -0.3 is 4.90 Å². The molecule has 1 aliphatic carbocycles. The Morgan fingerprint density at radius 1 is 1.29 bits per heavy atom. The van der Waals surface area contributed by atoms with Crippen molar-refractivity contribution in [2.75, 3.05) is 6.54 Å². The Morgan fingerprint density at radius 2 is 2.06 bits per heavy atom. The molecule has 10 heteroatoms. The molecule has 1 aliphatic heterocycles. The van der Waals surface area contributed by atoms with Crippen LogP contribution >= 0.6 is 11.6 Å². The minimum atomic E-state index is -0.719. The first-order valence-electron chi connectivity index (χ1n) is 10.00. The van der Waals surface area contributed by atoms with Gasteiger partial charge in [-0.2, -0.15) is 15.0 Å². The van der Waals surface area contributed by atoms with Gasteiger partial charge in [0.05, 0.1) is 17.5 Å². The van der Waals surface area contributed by atoms with Gasteiger partial charge in [0.15, 0.2) is 5.82 Å². The monoisotopic (exact) mass is 434 g/mol. The van der Waals surface area contributed by atoms with Gasteiger partial charge in [-0.3, -0.25) is 4.79 Å². The molecule has 0 radical (unpaired) electrons. The smallest absolute Gasteiger partial charge is 0.273 e. The Bertz CT molecular complexity index is 1210. The summed E-state index contributed by atoms with van der Waals surface area (Å²) in [5.74, 6) is 1.00. The highest BCUT2D eigenvalue weighted by Crippen LogP contribution is 2.53. The maximum Gasteiger partial charge on any atom is 0.273 e. The molecule has 156 valence electrons. The van der Waals surface area contributed by atoms with Gasteiger partial charge in [-0.25, -0.2) is 19.9 Å². The van der Waals surface area contributed by atoms with Crippen molar-refractivity contribution in [3.8, 4) is 12.0 Å². The molecular weight excluding hydrogens is 416 g/mol. The Labute approximate surface area is 183 Å². The van der Waals surface area contributed by atoms with Crippen LogP contribution in [-0.2, 0) is 5.41 Å². The van der Waals surface area contributed by atoms with Crippen LogP contribution in [0.15, 0.2) is 36.9 Å². The lowest BCUT2D eigenvalue weighted by Crippen LogP contribution is -2.37. The number of carbonyl (C=O) groups is 1. The molecule has 4 atom stereocenters. The molecule has 31 heavy (non-hydrogen) atoms. The van der Waals surface area contributed by atoms with Gasteiger partial charge in [0, 0.05) is 18.9 Å². The zero-order valence-corrected chi connectivity index (χ0v) is 17.7. The molecule has 2 aliphatic rings. The van der Waals surface area contributed by atoms with E-state index in [4.69, 9.17) is 11.6 Å². The van der Waals surface area contributed by atoms with Gasteiger partial charge in [0.1, 0.15) is 17.2 Å². The average Bonchev–Trinajstić information content (AvgIpc) is 3.39. The molecule has 3 aromatic rings. The summed E-state index contributed by atoms with van der Waals surface area (Å²) in [4.78, 5) is 32.4. The molecule has 3 aromatic heterocycles. The molecule has 4 unspecified atom stereocenters. The lowest BCUT2D eigenvalue weighted by Gasteiger charge is -2.28. The molecule has 4 heterocycles. The van der Waals surface area contributed by atoms with Crippen molar-refractivity contribution in [3.05, 3.63) is 59.2 Å². The van der Waals surface area contributed by atoms with Gasteiger partial charge in [-0.15, -0.1) is 0 Å². The molecule has 0 saturated heterocycles. The Morgan fingerprint density at radius 3 is 2.81 bits per heavy atom. The van der Waals surface area contributed by atoms with Gasteiger partial charge in [0.2, 0.25) is 0 Å². The largest absolute Gasteiger partial charge is 0.327 e. The molecule has 9 nitrogen and oxygen atoms in total. The molecule has 0 N–H and O–H groups in total. The van der Waals surface area contributed by atoms with E-state index < -0.39 is 11.5 Å². The lowest BCUT2D eigenvalue weighted by molar-refractivity contribution is 0.0661. The highest BCUT2D eigenvalue weighted by molar-refractivity contribution is 6.29. The van der Waals surface area contributed by atoms with Gasteiger partial charge in [0.25, 0.3) is 11.9 Å². The summed E-state index contributed by atoms with van der Waals surface area (Å²) in [7, 11) is 0. The number of rotatable bonds is 3. The lowest BCUT2D eigenvalue weighted by atomic mass is 9.78. The third-order valence-electron chi connectivity index (χ3n) is 6.36. The van der Waals surface area contributed by atoms with Crippen molar-refractivity contribution in [1.82, 2.24) is 34.6 Å². The number of nitrogens with zero attached hydrogens (tertiary/aromatic N) is 8. The van der Waals surface area contributed by atoms with Crippen LogP contribution in [0.5, 0.6) is 0 Å². The van der Waals surface area contributed by atoms with Crippen molar-refractivity contribution in [3.63, 3.8) is 0 Å². The first kappa shape index (κ1) is 19.6. The summed E-state index contributed by atoms with van der Waals surface area (Å²) in [5, 5.41) is 14.4. The Kier molecular flexibility index (Phi) is 4.48. The predicted octanol–water partition coefficient (Wildman–Crippen LogP) is 2.74. The van der Waals surface area contributed by atoms with Crippen molar-refractivity contribution in [2.24, 2.45) is 11.8 Å². The van der Waals surface area contributed by atoms with E-state index in [-0.39, 0.29) is 28.6 Å². The standard InChI is InChI=1S/C21H19ClN8O/c1-12(18-26-11-27-30(18)20-24-4-3-5-25-20)29-9-13-6-15(13)21(2,10-23)14-7-16(19(29)31)28-17(22)8-14/h3-5,7-8,11-13,15H,6,9H2,1-2H3. The van der Waals surface area contributed by atoms with E-state index in [1.165, 1.54) is 11.0 Å². The van der Waals surface area contributed by atoms with E-state index in [1.807, 2.05) is 13.8 Å². The summed E-state index contributed by atoms with van der Waals surface area (Å²) in [6, 6.07) is 7.15. The summed E-state index contributed by atoms with van der Waals surface area (Å²) < 4.78 is 1.53. The molecule has 1 saturated carbocycles. The zero-order valence-electron chi connectivity index (χ0n) is 17.0. The summed E-state index contributed by atoms with van der Waals surface area (Å²) >= 11 is 6.25. The molecule has 2 bridgehead atoms. The molecular formula is C21H19ClN8O. The number of nitriles is 1. The Hall–Kier alpha value is -3.38. The highest BCUT2D eigenvalue weighted by Gasteiger charge is 2.53. The zero-order chi connectivity index (χ0) is 21.8. The first-order valence-corrected chi connectivity index (χ1v) is 10.4. The molecule has 0 aromatic carbocycles. The predicted molar refractivity (Wildman–Crippen MR) is 110 cm³/mol. The number of fused-ring (bicyclic) bond motifs is 3. The van der Waals surface area contributed by atoms with Crippen LogP contribution < -0.4 is 0 Å². The molecule has 0 spiro atoms. The van der Waals surface area contributed by atoms with E-state index >= 15 is 0 Å². The van der Waals surface area contributed by atoms with Crippen molar-refractivity contribution in [2.45, 2.75) is 31.7 Å². The SMILES string of the molecule is CC(c1ncnn1-c1ncccn1)N1CC2CC2C(C)(C#N)c2cc(Cl)nc(c2)C1=O. The quantitative estimate of drug-likeness (QED) is 0.582. The summed E-state index contributed by atoms with van der Waals surface area (Å²) in [6.07, 6.45) is 5.54. The second-order valence-electron chi connectivity index (χ2n) is 8.19. The molecule has 1 fully saturated rings. The van der Waals surface area contributed by atoms with Crippen molar-refractivity contribution < 1.29 is 4.79 Å².